The summed E-state index contributed by atoms with van der Waals surface area (Å²) < 4.78 is 4.60. The van der Waals surface area contributed by atoms with Gasteiger partial charge in [0.2, 0.25) is 0 Å². The van der Waals surface area contributed by atoms with Gasteiger partial charge in [-0.05, 0) is 19.1 Å². The lowest BCUT2D eigenvalue weighted by molar-refractivity contribution is -0.139. The fourth-order valence-corrected chi connectivity index (χ4v) is 1.65. The molecule has 0 fully saturated rings. The number of rotatable bonds is 3. The quantitative estimate of drug-likeness (QED) is 0.546. The molecule has 0 saturated heterocycles. The number of carbonyl (C=O) groups excluding carboxylic acids is 1. The van der Waals surface area contributed by atoms with Gasteiger partial charge in [-0.3, -0.25) is 4.79 Å². The van der Waals surface area contributed by atoms with Crippen LogP contribution in [0, 0.1) is 0 Å². The summed E-state index contributed by atoms with van der Waals surface area (Å²) in [5.74, 6) is -0.226. The molecule has 1 heterocycles. The first-order chi connectivity index (χ1) is 6.24. The third kappa shape index (κ3) is 3.06. The van der Waals surface area contributed by atoms with Crippen molar-refractivity contribution >= 4 is 17.7 Å². The van der Waals surface area contributed by atoms with Gasteiger partial charge in [0.05, 0.1) is 12.1 Å². The Hall–Kier alpha value is -1.03. The van der Waals surface area contributed by atoms with Crippen LogP contribution in [0.2, 0.25) is 0 Å². The van der Waals surface area contributed by atoms with Gasteiger partial charge in [-0.2, -0.15) is 0 Å². The highest BCUT2D eigenvalue weighted by Gasteiger charge is 2.14. The first-order valence-electron chi connectivity index (χ1n) is 3.89. The molecule has 3 nitrogen and oxygen atoms in total. The molecule has 1 aromatic heterocycles. The number of esters is 1. The largest absolute Gasteiger partial charge is 0.468 e. The molecule has 4 heteroatoms. The van der Waals surface area contributed by atoms with Gasteiger partial charge in [0.25, 0.3) is 0 Å². The zero-order valence-corrected chi connectivity index (χ0v) is 8.38. The van der Waals surface area contributed by atoms with Crippen molar-refractivity contribution in [1.29, 1.82) is 0 Å². The maximum Gasteiger partial charge on any atom is 0.318 e. The number of ether oxygens (including phenoxy) is 1. The molecule has 0 spiro atoms. The minimum Gasteiger partial charge on any atom is -0.468 e. The maximum absolute atomic E-state index is 11.0. The molecule has 0 bridgehead atoms. The second-order valence-electron chi connectivity index (χ2n) is 2.45. The van der Waals surface area contributed by atoms with E-state index >= 15 is 0 Å². The second-order valence-corrected chi connectivity index (χ2v) is 3.81. The summed E-state index contributed by atoms with van der Waals surface area (Å²) in [5, 5.41) is 0.625. The maximum atomic E-state index is 11.0. The topological polar surface area (TPSA) is 39.2 Å². The predicted octanol–water partition coefficient (Wildman–Crippen LogP) is 1.74. The molecule has 0 radical (unpaired) electrons. The average Bonchev–Trinajstić information content (AvgIpc) is 2.18. The highest BCUT2D eigenvalue weighted by atomic mass is 32.2. The van der Waals surface area contributed by atoms with Crippen LogP contribution >= 0.6 is 11.8 Å². The molecular weight excluding hydrogens is 186 g/mol. The van der Waals surface area contributed by atoms with Crippen molar-refractivity contribution in [3.63, 3.8) is 0 Å². The number of hydrogen-bond donors (Lipinski definition) is 0. The van der Waals surface area contributed by atoms with E-state index in [-0.39, 0.29) is 11.2 Å². The molecule has 1 atom stereocenters. The lowest BCUT2D eigenvalue weighted by Crippen LogP contribution is -2.14. The number of aromatic nitrogens is 1. The van der Waals surface area contributed by atoms with Crippen LogP contribution in [0.1, 0.15) is 6.92 Å². The van der Waals surface area contributed by atoms with Gasteiger partial charge in [-0.1, -0.05) is 17.8 Å². The van der Waals surface area contributed by atoms with E-state index in [2.05, 4.69) is 9.72 Å². The van der Waals surface area contributed by atoms with Crippen LogP contribution < -0.4 is 0 Å². The Kier molecular flexibility index (Phi) is 3.76. The average molecular weight is 197 g/mol. The molecule has 0 amide bonds. The summed E-state index contributed by atoms with van der Waals surface area (Å²) >= 11 is 1.39. The zero-order valence-electron chi connectivity index (χ0n) is 7.56. The van der Waals surface area contributed by atoms with E-state index in [1.54, 1.807) is 13.1 Å². The molecule has 1 unspecified atom stereocenters. The summed E-state index contributed by atoms with van der Waals surface area (Å²) in [6.45, 7) is 1.80. The van der Waals surface area contributed by atoms with E-state index in [1.807, 2.05) is 18.2 Å². The first-order valence-corrected chi connectivity index (χ1v) is 4.77. The monoisotopic (exact) mass is 197 g/mol. The van der Waals surface area contributed by atoms with Gasteiger partial charge in [0, 0.05) is 6.20 Å². The minimum atomic E-state index is -0.226. The van der Waals surface area contributed by atoms with Gasteiger partial charge in [0.1, 0.15) is 5.25 Å². The third-order valence-electron chi connectivity index (χ3n) is 1.47. The molecule has 0 aliphatic carbocycles. The number of carbonyl (C=O) groups is 1. The smallest absolute Gasteiger partial charge is 0.318 e. The second kappa shape index (κ2) is 4.87. The number of hydrogen-bond acceptors (Lipinski definition) is 4. The van der Waals surface area contributed by atoms with Crippen LogP contribution in [0.5, 0.6) is 0 Å². The lowest BCUT2D eigenvalue weighted by atomic mass is 10.5. The highest BCUT2D eigenvalue weighted by molar-refractivity contribution is 8.00. The number of nitrogens with zero attached hydrogens (tertiary/aromatic N) is 1. The van der Waals surface area contributed by atoms with Crippen LogP contribution in [0.15, 0.2) is 29.4 Å². The molecule has 0 saturated carbocycles. The third-order valence-corrected chi connectivity index (χ3v) is 2.50. The summed E-state index contributed by atoms with van der Waals surface area (Å²) in [7, 11) is 1.39. The van der Waals surface area contributed by atoms with E-state index < -0.39 is 0 Å². The molecule has 13 heavy (non-hydrogen) atoms. The van der Waals surface area contributed by atoms with E-state index in [9.17, 15) is 4.79 Å². The molecule has 70 valence electrons. The first kappa shape index (κ1) is 10.1. The summed E-state index contributed by atoms with van der Waals surface area (Å²) in [4.78, 5) is 15.1. The van der Waals surface area contributed by atoms with E-state index in [4.69, 9.17) is 0 Å². The number of pyridine rings is 1. The fraction of sp³-hybridized carbons (Fsp3) is 0.333. The molecule has 1 aromatic rings. The Morgan fingerprint density at radius 1 is 1.62 bits per heavy atom. The number of methoxy groups -OCH3 is 1. The van der Waals surface area contributed by atoms with Crippen LogP contribution in [0.4, 0.5) is 0 Å². The molecule has 0 aromatic carbocycles. The normalized spacial score (nSPS) is 12.2. The van der Waals surface area contributed by atoms with Crippen molar-refractivity contribution in [3.05, 3.63) is 24.4 Å². The van der Waals surface area contributed by atoms with Gasteiger partial charge < -0.3 is 4.74 Å². The molecule has 1 rings (SSSR count). The van der Waals surface area contributed by atoms with Gasteiger partial charge in [-0.25, -0.2) is 4.98 Å². The predicted molar refractivity (Wildman–Crippen MR) is 51.6 cm³/mol. The van der Waals surface area contributed by atoms with Crippen molar-refractivity contribution in [2.24, 2.45) is 0 Å². The summed E-state index contributed by atoms with van der Waals surface area (Å²) in [6.07, 6.45) is 1.70. The lowest BCUT2D eigenvalue weighted by Gasteiger charge is -2.06. The highest BCUT2D eigenvalue weighted by Crippen LogP contribution is 2.20. The van der Waals surface area contributed by atoms with Crippen LogP contribution in [0.25, 0.3) is 0 Å². The van der Waals surface area contributed by atoms with Crippen LogP contribution in [-0.2, 0) is 9.53 Å². The van der Waals surface area contributed by atoms with Crippen molar-refractivity contribution in [2.45, 2.75) is 17.2 Å². The van der Waals surface area contributed by atoms with Gasteiger partial charge in [-0.15, -0.1) is 0 Å². The van der Waals surface area contributed by atoms with Crippen molar-refractivity contribution in [2.75, 3.05) is 7.11 Å². The van der Waals surface area contributed by atoms with Crippen molar-refractivity contribution in [1.82, 2.24) is 4.98 Å². The van der Waals surface area contributed by atoms with Crippen molar-refractivity contribution in [3.8, 4) is 0 Å². The molecule has 0 aliphatic rings. The standard InChI is InChI=1S/C9H11NO2S/c1-7(9(11)12-2)13-8-5-3-4-6-10-8/h3-7H,1-2H3. The zero-order chi connectivity index (χ0) is 9.68. The summed E-state index contributed by atoms with van der Waals surface area (Å²) in [5.41, 5.74) is 0. The van der Waals surface area contributed by atoms with Crippen LogP contribution in [0.3, 0.4) is 0 Å². The molecule has 0 N–H and O–H groups in total. The Morgan fingerprint density at radius 2 is 2.38 bits per heavy atom. The van der Waals surface area contributed by atoms with Gasteiger partial charge in [0.15, 0.2) is 0 Å². The van der Waals surface area contributed by atoms with Crippen LogP contribution in [-0.4, -0.2) is 23.3 Å². The number of thioether (sulfide) groups is 1. The van der Waals surface area contributed by atoms with E-state index in [0.29, 0.717) is 0 Å². The Balaban J connectivity index is 2.55. The van der Waals surface area contributed by atoms with E-state index in [0.717, 1.165) is 5.03 Å². The molecule has 0 aliphatic heterocycles. The van der Waals surface area contributed by atoms with Crippen molar-refractivity contribution < 1.29 is 9.53 Å². The Morgan fingerprint density at radius 3 is 2.92 bits per heavy atom. The minimum absolute atomic E-state index is 0.208. The SMILES string of the molecule is COC(=O)C(C)Sc1ccccn1. The Bertz CT molecular complexity index is 276. The van der Waals surface area contributed by atoms with E-state index in [1.165, 1.54) is 18.9 Å². The van der Waals surface area contributed by atoms with Gasteiger partial charge >= 0.3 is 5.97 Å². The Labute approximate surface area is 81.5 Å². The molecular formula is C9H11NO2S. The fourth-order valence-electron chi connectivity index (χ4n) is 0.812. The summed E-state index contributed by atoms with van der Waals surface area (Å²) in [6, 6.07) is 5.59.